The highest BCUT2D eigenvalue weighted by atomic mass is 32.2. The molecule has 0 bridgehead atoms. The fourth-order valence-corrected chi connectivity index (χ4v) is 2.06. The van der Waals surface area contributed by atoms with Crippen LogP contribution in [0, 0.1) is 0 Å². The first-order chi connectivity index (χ1) is 5.40. The third-order valence-electron chi connectivity index (χ3n) is 1.71. The number of hydrogen-bond donors (Lipinski definition) is 1. The highest BCUT2D eigenvalue weighted by molar-refractivity contribution is 7.98. The summed E-state index contributed by atoms with van der Waals surface area (Å²) >= 11 is 1.90. The molecule has 3 nitrogen and oxygen atoms in total. The van der Waals surface area contributed by atoms with Crippen molar-refractivity contribution in [2.75, 3.05) is 5.75 Å². The number of aryl methyl sites for hydroxylation is 1. The summed E-state index contributed by atoms with van der Waals surface area (Å²) in [6.07, 6.45) is 1.01. The molecule has 0 unspecified atom stereocenters. The van der Waals surface area contributed by atoms with Gasteiger partial charge in [0.25, 0.3) is 0 Å². The highest BCUT2D eigenvalue weighted by Crippen LogP contribution is 2.24. The molecule has 0 saturated carbocycles. The van der Waals surface area contributed by atoms with Crippen LogP contribution >= 0.6 is 11.8 Å². The van der Waals surface area contributed by atoms with Crippen LogP contribution in [0.5, 0.6) is 0 Å². The molecule has 1 aliphatic rings. The summed E-state index contributed by atoms with van der Waals surface area (Å²) in [5.41, 5.74) is 6.50. The van der Waals surface area contributed by atoms with Crippen molar-refractivity contribution in [3.8, 4) is 0 Å². The second-order valence-electron chi connectivity index (χ2n) is 2.48. The van der Waals surface area contributed by atoms with Gasteiger partial charge < -0.3 is 10.2 Å². The maximum Gasteiger partial charge on any atom is 0.208 e. The lowest BCUT2D eigenvalue weighted by Gasteiger charge is -2.05. The Kier molecular flexibility index (Phi) is 1.87. The molecule has 1 aromatic heterocycles. The number of hydrogen-bond acceptors (Lipinski definition) is 4. The maximum absolute atomic E-state index is 5.41. The molecular formula is C7H10N2OS. The summed E-state index contributed by atoms with van der Waals surface area (Å²) in [6, 6.07) is 0. The standard InChI is InChI=1S/C7H10N2OS/c8-3-7-9-5-4-11-2-1-6(5)10-7/h1-4,8H2. The minimum Gasteiger partial charge on any atom is -0.444 e. The van der Waals surface area contributed by atoms with Gasteiger partial charge in [0.2, 0.25) is 5.89 Å². The van der Waals surface area contributed by atoms with E-state index < -0.39 is 0 Å². The molecule has 1 aromatic rings. The van der Waals surface area contributed by atoms with Crippen molar-refractivity contribution in [2.24, 2.45) is 5.73 Å². The van der Waals surface area contributed by atoms with E-state index in [-0.39, 0.29) is 0 Å². The Morgan fingerprint density at radius 3 is 3.27 bits per heavy atom. The molecule has 0 aromatic carbocycles. The van der Waals surface area contributed by atoms with Gasteiger partial charge in [-0.3, -0.25) is 0 Å². The van der Waals surface area contributed by atoms with Crippen molar-refractivity contribution in [2.45, 2.75) is 18.7 Å². The minimum absolute atomic E-state index is 0.414. The first-order valence-corrected chi connectivity index (χ1v) is 4.81. The lowest BCUT2D eigenvalue weighted by molar-refractivity contribution is 0.460. The monoisotopic (exact) mass is 170 g/mol. The number of nitrogens with two attached hydrogens (primary N) is 1. The summed E-state index contributed by atoms with van der Waals surface area (Å²) < 4.78 is 5.41. The average Bonchev–Trinajstić information content (AvgIpc) is 2.46. The van der Waals surface area contributed by atoms with E-state index >= 15 is 0 Å². The topological polar surface area (TPSA) is 52.0 Å². The van der Waals surface area contributed by atoms with Crippen LogP contribution in [-0.2, 0) is 18.7 Å². The van der Waals surface area contributed by atoms with Gasteiger partial charge in [-0.15, -0.1) is 0 Å². The second kappa shape index (κ2) is 2.87. The molecule has 0 aliphatic carbocycles. The zero-order valence-electron chi connectivity index (χ0n) is 6.17. The summed E-state index contributed by atoms with van der Waals surface area (Å²) in [5, 5.41) is 0. The Bertz CT molecular complexity index is 235. The first-order valence-electron chi connectivity index (χ1n) is 3.65. The van der Waals surface area contributed by atoms with Crippen molar-refractivity contribution in [1.29, 1.82) is 0 Å². The summed E-state index contributed by atoms with van der Waals surface area (Å²) in [7, 11) is 0. The van der Waals surface area contributed by atoms with E-state index in [4.69, 9.17) is 10.2 Å². The van der Waals surface area contributed by atoms with Gasteiger partial charge in [0.05, 0.1) is 12.2 Å². The Balaban J connectivity index is 2.32. The lowest BCUT2D eigenvalue weighted by atomic mass is 10.3. The van der Waals surface area contributed by atoms with E-state index in [1.54, 1.807) is 0 Å². The van der Waals surface area contributed by atoms with E-state index in [9.17, 15) is 0 Å². The molecular weight excluding hydrogens is 160 g/mol. The molecule has 0 saturated heterocycles. The molecule has 2 N–H and O–H groups in total. The fourth-order valence-electron chi connectivity index (χ4n) is 1.17. The van der Waals surface area contributed by atoms with Crippen molar-refractivity contribution in [3.63, 3.8) is 0 Å². The van der Waals surface area contributed by atoms with E-state index in [1.807, 2.05) is 11.8 Å². The zero-order valence-corrected chi connectivity index (χ0v) is 6.99. The van der Waals surface area contributed by atoms with E-state index in [0.717, 1.165) is 29.4 Å². The van der Waals surface area contributed by atoms with Crippen LogP contribution in [0.1, 0.15) is 17.3 Å². The summed E-state index contributed by atoms with van der Waals surface area (Å²) in [6.45, 7) is 0.414. The van der Waals surface area contributed by atoms with Crippen LogP contribution in [0.4, 0.5) is 0 Å². The van der Waals surface area contributed by atoms with Crippen LogP contribution < -0.4 is 5.73 Å². The van der Waals surface area contributed by atoms with Crippen molar-refractivity contribution >= 4 is 11.8 Å². The van der Waals surface area contributed by atoms with Gasteiger partial charge in [0.15, 0.2) is 0 Å². The maximum atomic E-state index is 5.41. The quantitative estimate of drug-likeness (QED) is 0.681. The van der Waals surface area contributed by atoms with E-state index in [0.29, 0.717) is 12.4 Å². The van der Waals surface area contributed by atoms with Crippen LogP contribution in [0.25, 0.3) is 0 Å². The largest absolute Gasteiger partial charge is 0.444 e. The van der Waals surface area contributed by atoms with E-state index in [1.165, 1.54) is 0 Å². The molecule has 4 heteroatoms. The fraction of sp³-hybridized carbons (Fsp3) is 0.571. The number of aromatic nitrogens is 1. The van der Waals surface area contributed by atoms with Gasteiger partial charge >= 0.3 is 0 Å². The molecule has 2 heterocycles. The third-order valence-corrected chi connectivity index (χ3v) is 2.68. The predicted molar refractivity (Wildman–Crippen MR) is 44.3 cm³/mol. The van der Waals surface area contributed by atoms with Crippen molar-refractivity contribution in [1.82, 2.24) is 4.98 Å². The highest BCUT2D eigenvalue weighted by Gasteiger charge is 2.15. The van der Waals surface area contributed by atoms with Gasteiger partial charge in [0.1, 0.15) is 5.76 Å². The van der Waals surface area contributed by atoms with Crippen LogP contribution in [0.15, 0.2) is 4.42 Å². The molecule has 2 rings (SSSR count). The lowest BCUT2D eigenvalue weighted by Crippen LogP contribution is -1.99. The van der Waals surface area contributed by atoms with Crippen LogP contribution in [0.3, 0.4) is 0 Å². The number of nitrogens with zero attached hydrogens (tertiary/aromatic N) is 1. The van der Waals surface area contributed by atoms with Crippen molar-refractivity contribution < 1.29 is 4.42 Å². The summed E-state index contributed by atoms with van der Waals surface area (Å²) in [4.78, 5) is 4.26. The molecule has 0 atom stereocenters. The molecule has 0 fully saturated rings. The van der Waals surface area contributed by atoms with Gasteiger partial charge in [-0.25, -0.2) is 4.98 Å². The number of oxazole rings is 1. The van der Waals surface area contributed by atoms with Crippen molar-refractivity contribution in [3.05, 3.63) is 17.3 Å². The average molecular weight is 170 g/mol. The SMILES string of the molecule is NCc1nc2c(o1)CCSC2. The Labute approximate surface area is 69.4 Å². The zero-order chi connectivity index (χ0) is 7.68. The van der Waals surface area contributed by atoms with Gasteiger partial charge in [-0.05, 0) is 0 Å². The van der Waals surface area contributed by atoms with E-state index in [2.05, 4.69) is 4.98 Å². The smallest absolute Gasteiger partial charge is 0.208 e. The molecule has 1 aliphatic heterocycles. The van der Waals surface area contributed by atoms with Gasteiger partial charge in [0, 0.05) is 17.9 Å². The molecule has 11 heavy (non-hydrogen) atoms. The Morgan fingerprint density at radius 1 is 1.64 bits per heavy atom. The van der Waals surface area contributed by atoms with Crippen LogP contribution in [0.2, 0.25) is 0 Å². The first kappa shape index (κ1) is 7.18. The second-order valence-corrected chi connectivity index (χ2v) is 3.59. The minimum atomic E-state index is 0.414. The van der Waals surface area contributed by atoms with Gasteiger partial charge in [-0.2, -0.15) is 11.8 Å². The summed E-state index contributed by atoms with van der Waals surface area (Å²) in [5.74, 6) is 3.85. The molecule has 0 spiro atoms. The predicted octanol–water partition coefficient (Wildman–Crippen LogP) is 0.923. The number of thioether (sulfide) groups is 1. The number of rotatable bonds is 1. The normalized spacial score (nSPS) is 16.5. The number of fused-ring (bicyclic) bond motifs is 1. The van der Waals surface area contributed by atoms with Gasteiger partial charge in [-0.1, -0.05) is 0 Å². The van der Waals surface area contributed by atoms with Crippen LogP contribution in [-0.4, -0.2) is 10.7 Å². The Morgan fingerprint density at radius 2 is 2.55 bits per heavy atom. The third kappa shape index (κ3) is 1.28. The molecule has 0 radical (unpaired) electrons. The Hall–Kier alpha value is -0.480. The molecule has 60 valence electrons. The molecule has 0 amide bonds.